The molecule has 0 aliphatic heterocycles. The smallest absolute Gasteiger partial charge is 0.273 e. The Morgan fingerprint density at radius 1 is 1.26 bits per heavy atom. The molecule has 0 aliphatic rings. The summed E-state index contributed by atoms with van der Waals surface area (Å²) in [7, 11) is 1.51. The number of nitrogens with one attached hydrogen (secondary N) is 1. The van der Waals surface area contributed by atoms with Crippen LogP contribution >= 0.6 is 0 Å². The Morgan fingerprint density at radius 3 is 2.78 bits per heavy atom. The molecule has 0 saturated heterocycles. The van der Waals surface area contributed by atoms with E-state index in [4.69, 9.17) is 5.73 Å². The number of halogens is 1. The van der Waals surface area contributed by atoms with Crippen LogP contribution in [0, 0.1) is 12.7 Å². The average molecular weight is 363 g/mol. The van der Waals surface area contributed by atoms with Crippen molar-refractivity contribution < 1.29 is 9.18 Å². The van der Waals surface area contributed by atoms with E-state index in [0.717, 1.165) is 10.9 Å². The number of anilines is 1. The lowest BCUT2D eigenvalue weighted by Crippen LogP contribution is -2.21. The summed E-state index contributed by atoms with van der Waals surface area (Å²) in [5.41, 5.74) is 8.94. The van der Waals surface area contributed by atoms with E-state index in [1.807, 2.05) is 6.92 Å². The molecule has 27 heavy (non-hydrogen) atoms. The average Bonchev–Trinajstić information content (AvgIpc) is 2.65. The van der Waals surface area contributed by atoms with E-state index >= 15 is 0 Å². The summed E-state index contributed by atoms with van der Waals surface area (Å²) in [4.78, 5) is 25.0. The molecule has 0 unspecified atom stereocenters. The fourth-order valence-corrected chi connectivity index (χ4v) is 2.68. The second-order valence-corrected chi connectivity index (χ2v) is 5.85. The lowest BCUT2D eigenvalue weighted by atomic mass is 10.1. The Balaban J connectivity index is 1.89. The molecule has 0 atom stereocenters. The van der Waals surface area contributed by atoms with Crippen molar-refractivity contribution in [3.05, 3.63) is 66.3 Å². The number of aliphatic imine (C=N–C) groups is 1. The number of carbonyl (C=O) groups is 1. The third-order valence-corrected chi connectivity index (χ3v) is 3.96. The van der Waals surface area contributed by atoms with Gasteiger partial charge in [-0.15, -0.1) is 0 Å². The summed E-state index contributed by atoms with van der Waals surface area (Å²) in [6, 6.07) is 9.85. The minimum atomic E-state index is -0.376. The largest absolute Gasteiger partial charge is 0.405 e. The van der Waals surface area contributed by atoms with Gasteiger partial charge >= 0.3 is 0 Å². The van der Waals surface area contributed by atoms with Crippen LogP contribution in [0.4, 0.5) is 10.1 Å². The van der Waals surface area contributed by atoms with Gasteiger partial charge in [0.05, 0.1) is 28.8 Å². The van der Waals surface area contributed by atoms with Crippen LogP contribution in [0.3, 0.4) is 0 Å². The molecule has 3 N–H and O–H groups in total. The first kappa shape index (κ1) is 18.2. The zero-order valence-electron chi connectivity index (χ0n) is 14.9. The van der Waals surface area contributed by atoms with E-state index in [1.165, 1.54) is 31.5 Å². The molecule has 1 aromatic carbocycles. The monoisotopic (exact) mass is 363 g/mol. The van der Waals surface area contributed by atoms with E-state index < -0.39 is 0 Å². The number of benzene rings is 1. The summed E-state index contributed by atoms with van der Waals surface area (Å²) in [5, 5.41) is 3.45. The SMILES string of the molecule is CN=C(C=CN)C(=O)Nc1cnc(-c2ccc3cc(F)ccc3n2)c(C)c1. The van der Waals surface area contributed by atoms with E-state index in [0.29, 0.717) is 22.6 Å². The maximum atomic E-state index is 13.3. The summed E-state index contributed by atoms with van der Waals surface area (Å²) in [6.07, 6.45) is 4.23. The van der Waals surface area contributed by atoms with Crippen molar-refractivity contribution in [1.29, 1.82) is 0 Å². The van der Waals surface area contributed by atoms with Crippen molar-refractivity contribution >= 4 is 28.2 Å². The number of rotatable bonds is 4. The number of carbonyl (C=O) groups excluding carboxylic acids is 1. The Bertz CT molecular complexity index is 1080. The van der Waals surface area contributed by atoms with E-state index in [-0.39, 0.29) is 17.4 Å². The molecule has 136 valence electrons. The molecular weight excluding hydrogens is 345 g/mol. The number of nitrogens with two attached hydrogens (primary N) is 1. The minimum absolute atomic E-state index is 0.211. The van der Waals surface area contributed by atoms with Gasteiger partial charge in [-0.05, 0) is 55.1 Å². The quantitative estimate of drug-likeness (QED) is 0.696. The molecule has 7 heteroatoms. The molecular formula is C20H18FN5O. The van der Waals surface area contributed by atoms with Crippen LogP contribution in [-0.4, -0.2) is 28.6 Å². The predicted octanol–water partition coefficient (Wildman–Crippen LogP) is 3.23. The molecule has 2 heterocycles. The molecule has 0 fully saturated rings. The molecule has 0 saturated carbocycles. The molecule has 3 aromatic rings. The van der Waals surface area contributed by atoms with Crippen molar-refractivity contribution in [3.8, 4) is 11.4 Å². The molecule has 6 nitrogen and oxygen atoms in total. The summed E-state index contributed by atoms with van der Waals surface area (Å²) >= 11 is 0. The van der Waals surface area contributed by atoms with E-state index in [1.54, 1.807) is 30.5 Å². The fraction of sp³-hybridized carbons (Fsp3) is 0.100. The fourth-order valence-electron chi connectivity index (χ4n) is 2.68. The van der Waals surface area contributed by atoms with Gasteiger partial charge in [-0.2, -0.15) is 0 Å². The Hall–Kier alpha value is -3.61. The molecule has 0 bridgehead atoms. The van der Waals surface area contributed by atoms with E-state index in [2.05, 4.69) is 20.3 Å². The van der Waals surface area contributed by atoms with Crippen LogP contribution in [0.5, 0.6) is 0 Å². The number of pyridine rings is 2. The number of fused-ring (bicyclic) bond motifs is 1. The summed E-state index contributed by atoms with van der Waals surface area (Å²) in [5.74, 6) is -0.676. The second-order valence-electron chi connectivity index (χ2n) is 5.85. The molecule has 0 radical (unpaired) electrons. The summed E-state index contributed by atoms with van der Waals surface area (Å²) < 4.78 is 13.3. The number of aryl methyl sites for hydroxylation is 1. The van der Waals surface area contributed by atoms with Crippen LogP contribution in [0.25, 0.3) is 22.3 Å². The zero-order valence-corrected chi connectivity index (χ0v) is 14.9. The first-order chi connectivity index (χ1) is 13.0. The van der Waals surface area contributed by atoms with Crippen molar-refractivity contribution in [2.75, 3.05) is 12.4 Å². The Labute approximate surface area is 155 Å². The minimum Gasteiger partial charge on any atom is -0.405 e. The lowest BCUT2D eigenvalue weighted by Gasteiger charge is -2.09. The molecule has 2 aromatic heterocycles. The Morgan fingerprint density at radius 2 is 2.07 bits per heavy atom. The highest BCUT2D eigenvalue weighted by molar-refractivity contribution is 6.47. The van der Waals surface area contributed by atoms with Gasteiger partial charge in [-0.25, -0.2) is 9.37 Å². The van der Waals surface area contributed by atoms with Crippen LogP contribution < -0.4 is 11.1 Å². The first-order valence-corrected chi connectivity index (χ1v) is 8.21. The number of hydrogen-bond acceptors (Lipinski definition) is 5. The van der Waals surface area contributed by atoms with Gasteiger partial charge in [0.1, 0.15) is 11.5 Å². The highest BCUT2D eigenvalue weighted by Crippen LogP contribution is 2.24. The topological polar surface area (TPSA) is 93.3 Å². The third kappa shape index (κ3) is 3.98. The van der Waals surface area contributed by atoms with E-state index in [9.17, 15) is 9.18 Å². The standard InChI is InChI=1S/C20H18FN5O/c1-12-9-15(25-20(27)18(23-2)7-8-22)11-24-19(12)17-5-3-13-10-14(21)4-6-16(13)26-17/h3-11H,22H2,1-2H3,(H,25,27). The zero-order chi connectivity index (χ0) is 19.4. The van der Waals surface area contributed by atoms with Gasteiger partial charge in [-0.1, -0.05) is 6.07 Å². The van der Waals surface area contributed by atoms with Crippen LogP contribution in [0.15, 0.2) is 59.9 Å². The van der Waals surface area contributed by atoms with Crippen molar-refractivity contribution in [2.24, 2.45) is 10.7 Å². The molecule has 0 aliphatic carbocycles. The number of aromatic nitrogens is 2. The molecule has 1 amide bonds. The normalized spacial score (nSPS) is 11.9. The van der Waals surface area contributed by atoms with Gasteiger partial charge in [0.2, 0.25) is 0 Å². The van der Waals surface area contributed by atoms with Crippen LogP contribution in [-0.2, 0) is 4.79 Å². The van der Waals surface area contributed by atoms with Gasteiger partial charge < -0.3 is 11.1 Å². The van der Waals surface area contributed by atoms with Crippen molar-refractivity contribution in [3.63, 3.8) is 0 Å². The number of nitrogens with zero attached hydrogens (tertiary/aromatic N) is 3. The number of amides is 1. The van der Waals surface area contributed by atoms with Crippen LogP contribution in [0.1, 0.15) is 5.56 Å². The Kier molecular flexibility index (Phi) is 5.21. The first-order valence-electron chi connectivity index (χ1n) is 8.21. The van der Waals surface area contributed by atoms with Gasteiger partial charge in [0.15, 0.2) is 0 Å². The van der Waals surface area contributed by atoms with Gasteiger partial charge in [0, 0.05) is 12.4 Å². The predicted molar refractivity (Wildman–Crippen MR) is 105 cm³/mol. The maximum Gasteiger partial charge on any atom is 0.273 e. The highest BCUT2D eigenvalue weighted by atomic mass is 19.1. The lowest BCUT2D eigenvalue weighted by molar-refractivity contribution is -0.110. The highest BCUT2D eigenvalue weighted by Gasteiger charge is 2.11. The van der Waals surface area contributed by atoms with Gasteiger partial charge in [0.25, 0.3) is 5.91 Å². The van der Waals surface area contributed by atoms with Crippen LogP contribution in [0.2, 0.25) is 0 Å². The maximum absolute atomic E-state index is 13.3. The van der Waals surface area contributed by atoms with Crippen molar-refractivity contribution in [1.82, 2.24) is 9.97 Å². The molecule has 3 rings (SSSR count). The number of hydrogen-bond donors (Lipinski definition) is 2. The second kappa shape index (κ2) is 7.74. The van der Waals surface area contributed by atoms with Crippen molar-refractivity contribution in [2.45, 2.75) is 6.92 Å². The third-order valence-electron chi connectivity index (χ3n) is 3.96. The molecule has 0 spiro atoms. The summed E-state index contributed by atoms with van der Waals surface area (Å²) in [6.45, 7) is 1.88. The van der Waals surface area contributed by atoms with Gasteiger partial charge in [-0.3, -0.25) is 14.8 Å².